The third-order valence-electron chi connectivity index (χ3n) is 2.50. The Morgan fingerprint density at radius 3 is 2.70 bits per heavy atom. The number of alkyl halides is 1. The average Bonchev–Trinajstić information content (AvgIpc) is 1.94. The van der Waals surface area contributed by atoms with Gasteiger partial charge in [0, 0.05) is 6.04 Å². The molecule has 0 saturated heterocycles. The highest BCUT2D eigenvalue weighted by Crippen LogP contribution is 2.27. The zero-order valence-electron chi connectivity index (χ0n) is 6.52. The molecule has 60 valence electrons. The van der Waals surface area contributed by atoms with E-state index < -0.39 is 6.17 Å². The molecule has 1 aliphatic rings. The summed E-state index contributed by atoms with van der Waals surface area (Å²) in [6.45, 7) is 2.09. The van der Waals surface area contributed by atoms with Gasteiger partial charge in [-0.05, 0) is 25.2 Å². The van der Waals surface area contributed by atoms with Crippen LogP contribution >= 0.6 is 0 Å². The van der Waals surface area contributed by atoms with E-state index in [9.17, 15) is 4.39 Å². The topological polar surface area (TPSA) is 26.0 Å². The van der Waals surface area contributed by atoms with Gasteiger partial charge < -0.3 is 5.73 Å². The van der Waals surface area contributed by atoms with Gasteiger partial charge in [-0.1, -0.05) is 13.3 Å². The number of hydrogen-bond acceptors (Lipinski definition) is 1. The molecule has 2 N–H and O–H groups in total. The molecule has 10 heavy (non-hydrogen) atoms. The zero-order valence-corrected chi connectivity index (χ0v) is 6.52. The molecule has 0 radical (unpaired) electrons. The molecule has 0 bridgehead atoms. The first-order chi connectivity index (χ1) is 4.74. The lowest BCUT2D eigenvalue weighted by Crippen LogP contribution is -2.36. The number of nitrogens with two attached hydrogens (primary N) is 1. The second-order valence-electron chi connectivity index (χ2n) is 3.24. The lowest BCUT2D eigenvalue weighted by Gasteiger charge is -2.29. The predicted molar refractivity (Wildman–Crippen MR) is 40.5 cm³/mol. The number of rotatable bonds is 1. The normalized spacial score (nSPS) is 41.7. The van der Waals surface area contributed by atoms with Crippen molar-refractivity contribution >= 4 is 0 Å². The Morgan fingerprint density at radius 1 is 1.50 bits per heavy atom. The first-order valence-electron chi connectivity index (χ1n) is 4.13. The van der Waals surface area contributed by atoms with E-state index in [1.54, 1.807) is 0 Å². The van der Waals surface area contributed by atoms with Gasteiger partial charge in [0.05, 0.1) is 0 Å². The summed E-state index contributed by atoms with van der Waals surface area (Å²) in [4.78, 5) is 0. The van der Waals surface area contributed by atoms with Gasteiger partial charge in [-0.15, -0.1) is 0 Å². The van der Waals surface area contributed by atoms with Crippen LogP contribution in [0.4, 0.5) is 4.39 Å². The van der Waals surface area contributed by atoms with E-state index in [0.717, 1.165) is 12.8 Å². The van der Waals surface area contributed by atoms with Crippen molar-refractivity contribution in [1.29, 1.82) is 0 Å². The number of halogens is 1. The fraction of sp³-hybridized carbons (Fsp3) is 1.00. The summed E-state index contributed by atoms with van der Waals surface area (Å²) in [5, 5.41) is 0. The minimum absolute atomic E-state index is 0.261. The van der Waals surface area contributed by atoms with Crippen molar-refractivity contribution in [2.45, 2.75) is 44.8 Å². The third kappa shape index (κ3) is 1.69. The lowest BCUT2D eigenvalue weighted by atomic mass is 9.82. The Hall–Kier alpha value is -0.110. The van der Waals surface area contributed by atoms with Crippen molar-refractivity contribution < 1.29 is 4.39 Å². The minimum Gasteiger partial charge on any atom is -0.327 e. The fourth-order valence-corrected chi connectivity index (χ4v) is 1.70. The van der Waals surface area contributed by atoms with Crippen molar-refractivity contribution in [3.05, 3.63) is 0 Å². The van der Waals surface area contributed by atoms with E-state index in [1.165, 1.54) is 0 Å². The van der Waals surface area contributed by atoms with E-state index in [0.29, 0.717) is 18.8 Å². The van der Waals surface area contributed by atoms with Gasteiger partial charge in [0.1, 0.15) is 6.17 Å². The molecular formula is C8H16FN. The summed E-state index contributed by atoms with van der Waals surface area (Å²) >= 11 is 0. The van der Waals surface area contributed by atoms with Gasteiger partial charge in [0.25, 0.3) is 0 Å². The first-order valence-corrected chi connectivity index (χ1v) is 4.13. The molecule has 2 heteroatoms. The van der Waals surface area contributed by atoms with Crippen molar-refractivity contribution in [3.63, 3.8) is 0 Å². The Balaban J connectivity index is 2.38. The van der Waals surface area contributed by atoms with Crippen molar-refractivity contribution in [3.8, 4) is 0 Å². The molecule has 1 aliphatic carbocycles. The van der Waals surface area contributed by atoms with E-state index in [2.05, 4.69) is 6.92 Å². The summed E-state index contributed by atoms with van der Waals surface area (Å²) in [6.07, 6.45) is 2.70. The van der Waals surface area contributed by atoms with Crippen LogP contribution in [0.3, 0.4) is 0 Å². The average molecular weight is 145 g/mol. The Morgan fingerprint density at radius 2 is 2.20 bits per heavy atom. The molecule has 0 amide bonds. The molecule has 0 heterocycles. The highest BCUT2D eigenvalue weighted by atomic mass is 19.1. The summed E-state index contributed by atoms with van der Waals surface area (Å²) in [7, 11) is 0. The third-order valence-corrected chi connectivity index (χ3v) is 2.50. The maximum Gasteiger partial charge on any atom is 0.100 e. The first kappa shape index (κ1) is 7.99. The Kier molecular flexibility index (Phi) is 2.66. The Labute approximate surface area is 61.8 Å². The minimum atomic E-state index is -0.579. The maximum atomic E-state index is 12.7. The predicted octanol–water partition coefficient (Wildman–Crippen LogP) is 1.86. The van der Waals surface area contributed by atoms with Gasteiger partial charge in [0.2, 0.25) is 0 Å². The molecule has 3 atom stereocenters. The van der Waals surface area contributed by atoms with Crippen molar-refractivity contribution in [2.24, 2.45) is 11.7 Å². The largest absolute Gasteiger partial charge is 0.327 e. The maximum absolute atomic E-state index is 12.7. The van der Waals surface area contributed by atoms with Crippen LogP contribution < -0.4 is 5.73 Å². The van der Waals surface area contributed by atoms with Crippen LogP contribution in [0.2, 0.25) is 0 Å². The zero-order chi connectivity index (χ0) is 7.56. The molecule has 1 fully saturated rings. The number of hydrogen-bond donors (Lipinski definition) is 1. The summed E-state index contributed by atoms with van der Waals surface area (Å²) < 4.78 is 12.7. The lowest BCUT2D eigenvalue weighted by molar-refractivity contribution is 0.174. The van der Waals surface area contributed by atoms with Gasteiger partial charge in [-0.3, -0.25) is 0 Å². The van der Waals surface area contributed by atoms with E-state index in [-0.39, 0.29) is 6.04 Å². The van der Waals surface area contributed by atoms with Gasteiger partial charge in [-0.2, -0.15) is 0 Å². The van der Waals surface area contributed by atoms with Crippen molar-refractivity contribution in [1.82, 2.24) is 0 Å². The molecule has 0 spiro atoms. The van der Waals surface area contributed by atoms with Crippen LogP contribution in [0.5, 0.6) is 0 Å². The molecular weight excluding hydrogens is 129 g/mol. The van der Waals surface area contributed by atoms with Crippen LogP contribution in [-0.2, 0) is 0 Å². The SMILES string of the molecule is CCC1C[C@H](F)CCC1N. The van der Waals surface area contributed by atoms with Crippen LogP contribution in [0, 0.1) is 5.92 Å². The standard InChI is InChI=1S/C8H16FN/c1-2-6-5-7(9)3-4-8(6)10/h6-8H,2-5,10H2,1H3/t6?,7-,8?/m1/s1. The highest BCUT2D eigenvalue weighted by molar-refractivity contribution is 4.81. The fourth-order valence-electron chi connectivity index (χ4n) is 1.70. The summed E-state index contributed by atoms with van der Waals surface area (Å²) in [5.74, 6) is 0.434. The van der Waals surface area contributed by atoms with Gasteiger partial charge in [0.15, 0.2) is 0 Å². The van der Waals surface area contributed by atoms with E-state index in [4.69, 9.17) is 5.73 Å². The second kappa shape index (κ2) is 3.33. The Bertz CT molecular complexity index is 105. The monoisotopic (exact) mass is 145 g/mol. The van der Waals surface area contributed by atoms with Crippen LogP contribution in [-0.4, -0.2) is 12.2 Å². The van der Waals surface area contributed by atoms with E-state index >= 15 is 0 Å². The van der Waals surface area contributed by atoms with Crippen LogP contribution in [0.15, 0.2) is 0 Å². The highest BCUT2D eigenvalue weighted by Gasteiger charge is 2.26. The van der Waals surface area contributed by atoms with Crippen LogP contribution in [0.25, 0.3) is 0 Å². The van der Waals surface area contributed by atoms with Gasteiger partial charge in [-0.25, -0.2) is 4.39 Å². The molecule has 0 aromatic carbocycles. The molecule has 0 aliphatic heterocycles. The van der Waals surface area contributed by atoms with Crippen LogP contribution in [0.1, 0.15) is 32.6 Å². The summed E-state index contributed by atoms with van der Waals surface area (Å²) in [5.41, 5.74) is 5.79. The second-order valence-corrected chi connectivity index (χ2v) is 3.24. The quantitative estimate of drug-likeness (QED) is 0.598. The van der Waals surface area contributed by atoms with E-state index in [1.807, 2.05) is 0 Å². The van der Waals surface area contributed by atoms with Gasteiger partial charge >= 0.3 is 0 Å². The molecule has 0 aromatic rings. The molecule has 0 aromatic heterocycles. The molecule has 1 saturated carbocycles. The smallest absolute Gasteiger partial charge is 0.100 e. The summed E-state index contributed by atoms with van der Waals surface area (Å²) in [6, 6.07) is 0.261. The molecule has 2 unspecified atom stereocenters. The molecule has 1 nitrogen and oxygen atoms in total. The van der Waals surface area contributed by atoms with Crippen molar-refractivity contribution in [2.75, 3.05) is 0 Å². The molecule has 1 rings (SSSR count).